The van der Waals surface area contributed by atoms with Gasteiger partial charge in [-0.2, -0.15) is 0 Å². The molecule has 0 saturated heterocycles. The Bertz CT molecular complexity index is 2360. The monoisotopic (exact) mass is 778 g/mol. The van der Waals surface area contributed by atoms with Crippen molar-refractivity contribution < 1.29 is 0 Å². The van der Waals surface area contributed by atoms with Gasteiger partial charge in [0.05, 0.1) is 0 Å². The van der Waals surface area contributed by atoms with Crippen LogP contribution in [0, 0.1) is 27.7 Å². The van der Waals surface area contributed by atoms with Gasteiger partial charge in [0.15, 0.2) is 15.2 Å². The van der Waals surface area contributed by atoms with E-state index in [1.54, 1.807) is 0 Å². The Morgan fingerprint density at radius 1 is 0.276 bits per heavy atom. The topological polar surface area (TPSA) is 0 Å². The van der Waals surface area contributed by atoms with Gasteiger partial charge in [0.2, 0.25) is 0 Å². The van der Waals surface area contributed by atoms with Crippen molar-refractivity contribution in [3.8, 4) is 0 Å². The van der Waals surface area contributed by atoms with E-state index in [9.17, 15) is 0 Å². The highest BCUT2D eigenvalue weighted by Crippen LogP contribution is 2.43. The second-order valence-electron chi connectivity index (χ2n) is 15.6. The molecule has 58 heavy (non-hydrogen) atoms. The molecular formula is C56H50Si2. The predicted molar refractivity (Wildman–Crippen MR) is 256 cm³/mol. The molecule has 0 amide bonds. The number of hydrogen-bond acceptors (Lipinski definition) is 0. The largest absolute Gasteiger partial charge is 0.155 e. The number of hydrogen-bond donors (Lipinski definition) is 0. The summed E-state index contributed by atoms with van der Waals surface area (Å²) in [6.07, 6.45) is 5.12. The summed E-state index contributed by atoms with van der Waals surface area (Å²) in [7, 11) is -6.77. The normalized spacial score (nSPS) is 12.3. The van der Waals surface area contributed by atoms with Crippen molar-refractivity contribution in [3.63, 3.8) is 0 Å². The smallest absolute Gasteiger partial charge is 0.0624 e. The lowest BCUT2D eigenvalue weighted by Gasteiger charge is -2.52. The zero-order valence-corrected chi connectivity index (χ0v) is 35.9. The summed E-state index contributed by atoms with van der Waals surface area (Å²) in [5.74, 6) is 0. The summed E-state index contributed by atoms with van der Waals surface area (Å²) in [5.41, 5.74) is 9.92. The van der Waals surface area contributed by atoms with Gasteiger partial charge >= 0.3 is 0 Å². The summed E-state index contributed by atoms with van der Waals surface area (Å²) >= 11 is 0. The van der Waals surface area contributed by atoms with Crippen molar-refractivity contribution in [1.82, 2.24) is 0 Å². The van der Waals surface area contributed by atoms with Crippen LogP contribution < -0.4 is 20.7 Å². The van der Waals surface area contributed by atoms with Gasteiger partial charge in [-0.3, -0.25) is 0 Å². The Morgan fingerprint density at radius 2 is 0.500 bits per heavy atom. The first kappa shape index (κ1) is 38.5. The average Bonchev–Trinajstić information content (AvgIpc) is 3.27. The molecule has 8 aromatic rings. The first-order valence-corrected chi connectivity index (χ1v) is 25.3. The van der Waals surface area contributed by atoms with Gasteiger partial charge in [0.1, 0.15) is 0 Å². The molecule has 282 valence electrons. The first-order chi connectivity index (χ1) is 28.4. The van der Waals surface area contributed by atoms with Crippen molar-refractivity contribution in [1.29, 1.82) is 0 Å². The highest BCUT2D eigenvalue weighted by atomic mass is 29.3. The van der Waals surface area contributed by atoms with Gasteiger partial charge in [-0.15, -0.1) is 0 Å². The maximum absolute atomic E-state index is 3.39. The van der Waals surface area contributed by atoms with Gasteiger partial charge in [0, 0.05) is 0 Å². The van der Waals surface area contributed by atoms with E-state index < -0.39 is 15.2 Å². The van der Waals surface area contributed by atoms with Gasteiger partial charge < -0.3 is 0 Å². The summed E-state index contributed by atoms with van der Waals surface area (Å²) in [6, 6.07) is 83.4. The lowest BCUT2D eigenvalue weighted by Crippen LogP contribution is -2.86. The SMILES string of the molecule is Cc1ccc(/C=C(\c2ccc(C)cc2)[Si](c2ccccc2)(c2ccccc2)[Si](/C(=C/c2ccc(C)cc2)c2ccc(C)cc2)(c2ccccc2)c2ccccc2)cc1. The zero-order valence-electron chi connectivity index (χ0n) is 33.9. The molecule has 0 radical (unpaired) electrons. The van der Waals surface area contributed by atoms with Crippen LogP contribution in [0.2, 0.25) is 0 Å². The van der Waals surface area contributed by atoms with Crippen LogP contribution in [0.25, 0.3) is 22.5 Å². The van der Waals surface area contributed by atoms with Crippen LogP contribution in [0.5, 0.6) is 0 Å². The van der Waals surface area contributed by atoms with Crippen molar-refractivity contribution in [2.45, 2.75) is 27.7 Å². The molecule has 0 aliphatic rings. The molecule has 8 aromatic carbocycles. The minimum absolute atomic E-state index is 1.20. The fraction of sp³-hybridized carbons (Fsp3) is 0.0714. The van der Waals surface area contributed by atoms with Crippen molar-refractivity contribution in [3.05, 3.63) is 263 Å². The molecule has 0 bridgehead atoms. The molecule has 0 aromatic heterocycles. The summed E-state index contributed by atoms with van der Waals surface area (Å²) < 4.78 is 0. The van der Waals surface area contributed by atoms with Gasteiger partial charge in [0.25, 0.3) is 0 Å². The van der Waals surface area contributed by atoms with E-state index in [1.807, 2.05) is 0 Å². The lowest BCUT2D eigenvalue weighted by molar-refractivity contribution is 1.45. The molecule has 0 fully saturated rings. The molecular weight excluding hydrogens is 729 g/mol. The Kier molecular flexibility index (Phi) is 11.3. The van der Waals surface area contributed by atoms with Crippen LogP contribution in [-0.2, 0) is 0 Å². The van der Waals surface area contributed by atoms with Crippen LogP contribution >= 0.6 is 0 Å². The second-order valence-corrected chi connectivity index (χ2v) is 26.5. The minimum atomic E-state index is -3.39. The van der Waals surface area contributed by atoms with Crippen LogP contribution in [0.1, 0.15) is 44.5 Å². The molecule has 8 rings (SSSR count). The van der Waals surface area contributed by atoms with Crippen LogP contribution in [-0.4, -0.2) is 15.2 Å². The number of rotatable bonds is 11. The average molecular weight is 779 g/mol. The third kappa shape index (κ3) is 7.33. The van der Waals surface area contributed by atoms with Gasteiger partial charge in [-0.25, -0.2) is 0 Å². The second kappa shape index (κ2) is 17.0. The van der Waals surface area contributed by atoms with Crippen LogP contribution in [0.4, 0.5) is 0 Å². The third-order valence-corrected chi connectivity index (χ3v) is 28.6. The van der Waals surface area contributed by atoms with Gasteiger partial charge in [-0.05, 0) is 60.3 Å². The molecule has 2 heteroatoms. The maximum Gasteiger partial charge on any atom is 0.155 e. The van der Waals surface area contributed by atoms with Crippen LogP contribution in [0.15, 0.2) is 218 Å². The molecule has 0 aliphatic carbocycles. The summed E-state index contributed by atoms with van der Waals surface area (Å²) in [6.45, 7) is 8.74. The Balaban J connectivity index is 1.71. The van der Waals surface area contributed by atoms with E-state index in [0.29, 0.717) is 0 Å². The molecule has 0 heterocycles. The Morgan fingerprint density at radius 3 is 0.741 bits per heavy atom. The number of aryl methyl sites for hydroxylation is 4. The van der Waals surface area contributed by atoms with E-state index >= 15 is 0 Å². The first-order valence-electron chi connectivity index (χ1n) is 20.3. The van der Waals surface area contributed by atoms with Crippen molar-refractivity contribution in [2.75, 3.05) is 0 Å². The number of benzene rings is 8. The molecule has 0 nitrogen and oxygen atoms in total. The molecule has 0 atom stereocenters. The Hall–Kier alpha value is -6.33. The van der Waals surface area contributed by atoms with Crippen LogP contribution in [0.3, 0.4) is 0 Å². The molecule has 0 spiro atoms. The van der Waals surface area contributed by atoms with Crippen molar-refractivity contribution in [2.24, 2.45) is 0 Å². The third-order valence-electron chi connectivity index (χ3n) is 11.7. The molecule has 0 aliphatic heterocycles. The standard InChI is InChI=1S/C56H50Si2/c1-43-25-33-47(34-26-43)41-55(49-37-29-45(3)30-38-49)57(51-17-9-5-10-18-51,52-19-11-6-12-20-52)58(53-21-13-7-14-22-53,54-23-15-8-16-24-54)56(50-39-31-46(4)32-40-50)42-48-35-27-44(2)28-36-48/h5-42H,1-4H3/b55-41+,56-42+. The van der Waals surface area contributed by atoms with E-state index in [0.717, 1.165) is 0 Å². The van der Waals surface area contributed by atoms with E-state index in [2.05, 4.69) is 258 Å². The molecule has 0 unspecified atom stereocenters. The summed E-state index contributed by atoms with van der Waals surface area (Å²) in [4.78, 5) is 0. The molecule has 0 N–H and O–H groups in total. The lowest BCUT2D eigenvalue weighted by atomic mass is 10.1. The highest BCUT2D eigenvalue weighted by molar-refractivity contribution is 7.70. The molecule has 0 saturated carbocycles. The van der Waals surface area contributed by atoms with E-state index in [1.165, 1.54) is 75.6 Å². The predicted octanol–water partition coefficient (Wildman–Crippen LogP) is 11.4. The van der Waals surface area contributed by atoms with Crippen molar-refractivity contribution >= 4 is 58.5 Å². The van der Waals surface area contributed by atoms with E-state index in [-0.39, 0.29) is 0 Å². The quantitative estimate of drug-likeness (QED) is 0.0906. The fourth-order valence-electron chi connectivity index (χ4n) is 8.92. The minimum Gasteiger partial charge on any atom is -0.0624 e. The Labute approximate surface area is 347 Å². The highest BCUT2D eigenvalue weighted by Gasteiger charge is 2.63. The maximum atomic E-state index is 2.56. The summed E-state index contributed by atoms with van der Waals surface area (Å²) in [5, 5.41) is 8.36. The van der Waals surface area contributed by atoms with Gasteiger partial charge in [-0.1, -0.05) is 274 Å². The van der Waals surface area contributed by atoms with E-state index in [4.69, 9.17) is 0 Å². The fourth-order valence-corrected chi connectivity index (χ4v) is 29.0. The zero-order chi connectivity index (χ0) is 40.0.